The van der Waals surface area contributed by atoms with Crippen LogP contribution in [0.5, 0.6) is 0 Å². The van der Waals surface area contributed by atoms with Gasteiger partial charge >= 0.3 is 6.09 Å². The van der Waals surface area contributed by atoms with Crippen molar-refractivity contribution in [1.82, 2.24) is 5.32 Å². The highest BCUT2D eigenvalue weighted by molar-refractivity contribution is 7.85. The Balaban J connectivity index is 1.38. The van der Waals surface area contributed by atoms with Crippen molar-refractivity contribution < 1.29 is 22.9 Å². The average molecular weight is 498 g/mol. The normalized spacial score (nSPS) is 19.2. The SMILES string of the molecule is O=C(NC[C@H]1CN(c2ccc(N3CCS(=O)CC3)c(F)c2)C(=O)O1)c1cc(Cl)ccc1S. The number of carbonyl (C=O) groups is 2. The lowest BCUT2D eigenvalue weighted by atomic mass is 10.2. The largest absolute Gasteiger partial charge is 0.442 e. The molecule has 2 heterocycles. The van der Waals surface area contributed by atoms with Gasteiger partial charge in [0.2, 0.25) is 0 Å². The van der Waals surface area contributed by atoms with Crippen LogP contribution in [0.2, 0.25) is 5.02 Å². The lowest BCUT2D eigenvalue weighted by Crippen LogP contribution is -2.38. The van der Waals surface area contributed by atoms with E-state index in [9.17, 15) is 18.2 Å². The van der Waals surface area contributed by atoms with Crippen LogP contribution in [0.4, 0.5) is 20.6 Å². The molecular formula is C21H21ClFN3O4S2. The van der Waals surface area contributed by atoms with Gasteiger partial charge in [-0.3, -0.25) is 13.9 Å². The van der Waals surface area contributed by atoms with E-state index in [1.807, 2.05) is 4.90 Å². The summed E-state index contributed by atoms with van der Waals surface area (Å²) in [5, 5.41) is 3.12. The van der Waals surface area contributed by atoms with Crippen LogP contribution in [0, 0.1) is 5.82 Å². The number of halogens is 2. The Morgan fingerprint density at radius 1 is 1.25 bits per heavy atom. The van der Waals surface area contributed by atoms with Crippen molar-refractivity contribution in [3.8, 4) is 0 Å². The van der Waals surface area contributed by atoms with Crippen molar-refractivity contribution in [1.29, 1.82) is 0 Å². The summed E-state index contributed by atoms with van der Waals surface area (Å²) in [7, 11) is -0.851. The van der Waals surface area contributed by atoms with E-state index in [-0.39, 0.29) is 19.0 Å². The first-order valence-electron chi connectivity index (χ1n) is 9.96. The van der Waals surface area contributed by atoms with Crippen LogP contribution >= 0.6 is 24.2 Å². The molecule has 0 aromatic heterocycles. The molecule has 0 bridgehead atoms. The minimum Gasteiger partial charge on any atom is -0.442 e. The van der Waals surface area contributed by atoms with Crippen molar-refractivity contribution in [3.63, 3.8) is 0 Å². The molecule has 0 aliphatic carbocycles. The molecule has 2 aromatic rings. The van der Waals surface area contributed by atoms with E-state index >= 15 is 0 Å². The second-order valence-electron chi connectivity index (χ2n) is 7.46. The molecule has 7 nitrogen and oxygen atoms in total. The summed E-state index contributed by atoms with van der Waals surface area (Å²) in [6.07, 6.45) is -1.20. The lowest BCUT2D eigenvalue weighted by molar-refractivity contribution is 0.0913. The maximum absolute atomic E-state index is 14.8. The molecule has 1 N–H and O–H groups in total. The van der Waals surface area contributed by atoms with Gasteiger partial charge in [0, 0.05) is 45.3 Å². The van der Waals surface area contributed by atoms with Crippen LogP contribution in [0.1, 0.15) is 10.4 Å². The van der Waals surface area contributed by atoms with Crippen LogP contribution in [-0.2, 0) is 15.5 Å². The van der Waals surface area contributed by atoms with Crippen molar-refractivity contribution in [3.05, 3.63) is 52.8 Å². The number of cyclic esters (lactones) is 1. The fourth-order valence-electron chi connectivity index (χ4n) is 3.63. The maximum atomic E-state index is 14.8. The first kappa shape index (κ1) is 22.9. The minimum absolute atomic E-state index is 0.0896. The van der Waals surface area contributed by atoms with Crippen LogP contribution < -0.4 is 15.1 Å². The molecule has 2 fully saturated rings. The third-order valence-electron chi connectivity index (χ3n) is 5.33. The quantitative estimate of drug-likeness (QED) is 0.621. The number of nitrogens with one attached hydrogen (secondary N) is 1. The van der Waals surface area contributed by atoms with Crippen LogP contribution in [-0.4, -0.2) is 60.0 Å². The Labute approximate surface area is 197 Å². The molecule has 2 amide bonds. The number of hydrogen-bond donors (Lipinski definition) is 2. The lowest BCUT2D eigenvalue weighted by Gasteiger charge is -2.29. The maximum Gasteiger partial charge on any atom is 0.414 e. The van der Waals surface area contributed by atoms with Crippen molar-refractivity contribution in [2.75, 3.05) is 47.5 Å². The summed E-state index contributed by atoms with van der Waals surface area (Å²) in [6.45, 7) is 1.31. The molecular weight excluding hydrogens is 477 g/mol. The van der Waals surface area contributed by atoms with E-state index in [2.05, 4.69) is 17.9 Å². The summed E-state index contributed by atoms with van der Waals surface area (Å²) >= 11 is 10.2. The first-order valence-corrected chi connectivity index (χ1v) is 12.3. The molecule has 0 saturated carbocycles. The van der Waals surface area contributed by atoms with Crippen LogP contribution in [0.3, 0.4) is 0 Å². The molecule has 2 aliphatic heterocycles. The van der Waals surface area contributed by atoms with E-state index in [1.54, 1.807) is 24.3 Å². The van der Waals surface area contributed by atoms with E-state index in [4.69, 9.17) is 16.3 Å². The summed E-state index contributed by atoms with van der Waals surface area (Å²) in [6, 6.07) is 9.34. The van der Waals surface area contributed by atoms with E-state index in [0.717, 1.165) is 0 Å². The van der Waals surface area contributed by atoms with Gasteiger partial charge in [-0.25, -0.2) is 9.18 Å². The Bertz CT molecular complexity index is 1080. The molecule has 11 heteroatoms. The van der Waals surface area contributed by atoms with Gasteiger partial charge in [0.1, 0.15) is 11.9 Å². The zero-order valence-corrected chi connectivity index (χ0v) is 19.4. The number of thiol groups is 1. The fraction of sp³-hybridized carbons (Fsp3) is 0.333. The second kappa shape index (κ2) is 9.68. The van der Waals surface area contributed by atoms with Crippen molar-refractivity contribution in [2.45, 2.75) is 11.0 Å². The molecule has 32 heavy (non-hydrogen) atoms. The van der Waals surface area contributed by atoms with Gasteiger partial charge in [-0.1, -0.05) is 11.6 Å². The van der Waals surface area contributed by atoms with Gasteiger partial charge in [-0.2, -0.15) is 0 Å². The number of amides is 2. The van der Waals surface area contributed by atoms with E-state index < -0.39 is 28.8 Å². The molecule has 4 rings (SSSR count). The standard InChI is InChI=1S/C21H21ClFN3O4S2/c22-13-1-4-19(31)16(9-13)20(27)24-11-15-12-26(21(28)30-15)14-2-3-18(17(23)10-14)25-5-7-32(29)8-6-25/h1-4,9-10,15,31H,5-8,11-12H2,(H,24,27)/t15-/m0/s1. The molecule has 2 aromatic carbocycles. The number of hydrogen-bond acceptors (Lipinski definition) is 6. The van der Waals surface area contributed by atoms with Gasteiger partial charge in [-0.15, -0.1) is 12.6 Å². The Kier molecular flexibility index (Phi) is 6.92. The van der Waals surface area contributed by atoms with Gasteiger partial charge in [0.25, 0.3) is 5.91 Å². The summed E-state index contributed by atoms with van der Waals surface area (Å²) in [5.41, 5.74) is 1.12. The number of nitrogens with zero attached hydrogens (tertiary/aromatic N) is 2. The van der Waals surface area contributed by atoms with Crippen LogP contribution in [0.15, 0.2) is 41.3 Å². The number of benzene rings is 2. The Morgan fingerprint density at radius 3 is 2.72 bits per heavy atom. The van der Waals surface area contributed by atoms with E-state index in [0.29, 0.717) is 51.5 Å². The third-order valence-corrected chi connectivity index (χ3v) is 7.23. The number of anilines is 2. The second-order valence-corrected chi connectivity index (χ2v) is 10.1. The molecule has 0 unspecified atom stereocenters. The smallest absolute Gasteiger partial charge is 0.414 e. The van der Waals surface area contributed by atoms with Gasteiger partial charge in [-0.05, 0) is 36.4 Å². The molecule has 2 aliphatic rings. The Morgan fingerprint density at radius 2 is 2.00 bits per heavy atom. The monoisotopic (exact) mass is 497 g/mol. The van der Waals surface area contributed by atoms with Crippen LogP contribution in [0.25, 0.3) is 0 Å². The topological polar surface area (TPSA) is 79.0 Å². The first-order chi connectivity index (χ1) is 15.3. The molecule has 0 spiro atoms. The third kappa shape index (κ3) is 5.02. The summed E-state index contributed by atoms with van der Waals surface area (Å²) in [5.74, 6) is 0.181. The Hall–Kier alpha value is -2.30. The summed E-state index contributed by atoms with van der Waals surface area (Å²) < 4.78 is 31.6. The van der Waals surface area contributed by atoms with Gasteiger partial charge < -0.3 is 15.0 Å². The molecule has 0 radical (unpaired) electrons. The fourth-order valence-corrected chi connectivity index (χ4v) is 5.09. The minimum atomic E-state index is -0.851. The zero-order chi connectivity index (χ0) is 22.8. The number of carbonyl (C=O) groups excluding carboxylic acids is 2. The number of rotatable bonds is 5. The highest BCUT2D eigenvalue weighted by atomic mass is 35.5. The summed E-state index contributed by atoms with van der Waals surface area (Å²) in [4.78, 5) is 28.4. The van der Waals surface area contributed by atoms with E-state index in [1.165, 1.54) is 17.0 Å². The molecule has 1 atom stereocenters. The predicted octanol–water partition coefficient (Wildman–Crippen LogP) is 3.09. The number of ether oxygens (including phenoxy) is 1. The molecule has 2 saturated heterocycles. The van der Waals surface area contributed by atoms with Crippen molar-refractivity contribution >= 4 is 58.4 Å². The van der Waals surface area contributed by atoms with Gasteiger partial charge in [0.05, 0.1) is 30.0 Å². The average Bonchev–Trinajstić information content (AvgIpc) is 3.15. The molecule has 170 valence electrons. The highest BCUT2D eigenvalue weighted by Crippen LogP contribution is 2.28. The predicted molar refractivity (Wildman–Crippen MR) is 125 cm³/mol. The zero-order valence-electron chi connectivity index (χ0n) is 16.9. The van der Waals surface area contributed by atoms with Crippen molar-refractivity contribution in [2.24, 2.45) is 0 Å². The highest BCUT2D eigenvalue weighted by Gasteiger charge is 2.33. The van der Waals surface area contributed by atoms with Gasteiger partial charge in [0.15, 0.2) is 0 Å².